The number of pyridine rings is 1. The van der Waals surface area contributed by atoms with Gasteiger partial charge in [-0.25, -0.2) is 9.61 Å². The van der Waals surface area contributed by atoms with Crippen molar-refractivity contribution in [2.75, 3.05) is 5.73 Å². The number of anilines is 1. The summed E-state index contributed by atoms with van der Waals surface area (Å²) < 4.78 is 13.0. The number of benzene rings is 1. The predicted molar refractivity (Wildman–Crippen MR) is 113 cm³/mol. The first-order valence-corrected chi connectivity index (χ1v) is 10.5. The topological polar surface area (TPSA) is 145 Å². The minimum absolute atomic E-state index is 0.115. The van der Waals surface area contributed by atoms with Crippen molar-refractivity contribution in [2.24, 2.45) is 0 Å². The predicted octanol–water partition coefficient (Wildman–Crippen LogP) is 2.24. The fourth-order valence-corrected chi connectivity index (χ4v) is 5.34. The lowest BCUT2D eigenvalue weighted by Gasteiger charge is -2.43. The van der Waals surface area contributed by atoms with Gasteiger partial charge >= 0.3 is 0 Å². The zero-order valence-electron chi connectivity index (χ0n) is 17.3. The highest BCUT2D eigenvalue weighted by molar-refractivity contribution is 5.81. The molecule has 1 aliphatic heterocycles. The summed E-state index contributed by atoms with van der Waals surface area (Å²) in [4.78, 5) is 8.84. The first kappa shape index (κ1) is 19.4. The zero-order chi connectivity index (χ0) is 22.1. The van der Waals surface area contributed by atoms with Crippen molar-refractivity contribution in [1.29, 1.82) is 0 Å². The number of nitrogen functional groups attached to an aromatic ring is 1. The van der Waals surface area contributed by atoms with Crippen LogP contribution in [-0.4, -0.2) is 41.2 Å². The summed E-state index contributed by atoms with van der Waals surface area (Å²) in [5.74, 6) is -0.796. The van der Waals surface area contributed by atoms with Crippen LogP contribution in [-0.2, 0) is 16.1 Å². The molecular formula is C22H22N6O4. The second-order valence-corrected chi connectivity index (χ2v) is 8.63. The van der Waals surface area contributed by atoms with Crippen LogP contribution in [0, 0.1) is 0 Å². The number of ether oxygens (including phenoxy) is 1. The van der Waals surface area contributed by atoms with Crippen LogP contribution in [0.1, 0.15) is 43.4 Å². The summed E-state index contributed by atoms with van der Waals surface area (Å²) in [5.41, 5.74) is 8.41. The molecule has 1 fully saturated rings. The number of imidazole rings is 1. The lowest BCUT2D eigenvalue weighted by Crippen LogP contribution is -2.46. The normalized spacial score (nSPS) is 29.6. The first-order chi connectivity index (χ1) is 15.4. The lowest BCUT2D eigenvalue weighted by atomic mass is 9.75. The van der Waals surface area contributed by atoms with Gasteiger partial charge in [-0.1, -0.05) is 24.3 Å². The third-order valence-electron chi connectivity index (χ3n) is 6.73. The van der Waals surface area contributed by atoms with Crippen molar-refractivity contribution in [3.05, 3.63) is 53.9 Å². The second-order valence-electron chi connectivity index (χ2n) is 8.63. The number of hydrogen-bond acceptors (Lipinski definition) is 9. The molecule has 10 nitrogen and oxygen atoms in total. The molecule has 3 aromatic heterocycles. The van der Waals surface area contributed by atoms with Crippen LogP contribution in [0.2, 0.25) is 0 Å². The second kappa shape index (κ2) is 6.58. The van der Waals surface area contributed by atoms with E-state index >= 15 is 0 Å². The average molecular weight is 434 g/mol. The zero-order valence-corrected chi connectivity index (χ0v) is 17.3. The molecular weight excluding hydrogens is 412 g/mol. The van der Waals surface area contributed by atoms with E-state index in [9.17, 15) is 10.2 Å². The summed E-state index contributed by atoms with van der Waals surface area (Å²) in [7, 11) is 0. The Morgan fingerprint density at radius 2 is 2.00 bits per heavy atom. The number of hydrogen-bond donors (Lipinski definition) is 3. The Morgan fingerprint density at radius 3 is 2.75 bits per heavy atom. The van der Waals surface area contributed by atoms with Gasteiger partial charge in [-0.2, -0.15) is 0 Å². The van der Waals surface area contributed by atoms with E-state index in [4.69, 9.17) is 15.1 Å². The monoisotopic (exact) mass is 434 g/mol. The van der Waals surface area contributed by atoms with Crippen molar-refractivity contribution < 1.29 is 19.6 Å². The Hall–Kier alpha value is -3.34. The van der Waals surface area contributed by atoms with Crippen LogP contribution in [0.5, 0.6) is 0 Å². The molecule has 10 heteroatoms. The van der Waals surface area contributed by atoms with Crippen molar-refractivity contribution in [1.82, 2.24) is 24.8 Å². The molecule has 0 saturated heterocycles. The van der Waals surface area contributed by atoms with Gasteiger partial charge in [-0.15, -0.1) is 0 Å². The van der Waals surface area contributed by atoms with Gasteiger partial charge in [0.25, 0.3) is 0 Å². The molecule has 6 rings (SSSR count). The summed E-state index contributed by atoms with van der Waals surface area (Å²) in [6.07, 6.45) is 4.10. The van der Waals surface area contributed by atoms with E-state index in [-0.39, 0.29) is 11.9 Å². The maximum absolute atomic E-state index is 11.4. The summed E-state index contributed by atoms with van der Waals surface area (Å²) in [6, 6.07) is 9.29. The first-order valence-electron chi connectivity index (χ1n) is 10.5. The van der Waals surface area contributed by atoms with Gasteiger partial charge < -0.3 is 25.3 Å². The smallest absolute Gasteiger partial charge is 0.199 e. The minimum Gasteiger partial charge on any atom is -0.390 e. The molecule has 4 heterocycles. The number of nitrogens with zero attached hydrogens (tertiary/aromatic N) is 5. The molecule has 4 N–H and O–H groups in total. The maximum atomic E-state index is 11.4. The summed E-state index contributed by atoms with van der Waals surface area (Å²) in [5, 5.41) is 29.9. The van der Waals surface area contributed by atoms with Gasteiger partial charge in [-0.3, -0.25) is 4.98 Å². The third-order valence-corrected chi connectivity index (χ3v) is 6.73. The Bertz CT molecular complexity index is 1330. The molecule has 1 saturated carbocycles. The van der Waals surface area contributed by atoms with Crippen LogP contribution in [0.3, 0.4) is 0 Å². The summed E-state index contributed by atoms with van der Waals surface area (Å²) >= 11 is 0. The molecule has 32 heavy (non-hydrogen) atoms. The highest BCUT2D eigenvalue weighted by Crippen LogP contribution is 2.54. The number of aliphatic hydroxyl groups excluding tert-OH is 1. The van der Waals surface area contributed by atoms with Gasteiger partial charge in [0.15, 0.2) is 23.1 Å². The Labute approximate surface area is 182 Å². The van der Waals surface area contributed by atoms with Gasteiger partial charge in [0.05, 0.1) is 17.8 Å². The fraction of sp³-hybridized carbons (Fsp3) is 0.364. The number of aromatic nitrogens is 5. The van der Waals surface area contributed by atoms with Gasteiger partial charge in [0.1, 0.15) is 11.1 Å². The Balaban J connectivity index is 1.43. The SMILES string of the molecule is CC1(O)O[C@]2(CC[C@H](n3c(-c4nonc4N)nc4cnccc43)C[C@H]2O)c2ccccc21. The van der Waals surface area contributed by atoms with Crippen molar-refractivity contribution in [3.63, 3.8) is 0 Å². The molecule has 2 aliphatic rings. The molecule has 164 valence electrons. The standard InChI is InChI=1S/C22H22N6O4/c1-21(30)13-4-2-3-5-14(13)22(31-21)8-6-12(10-17(22)29)28-16-7-9-24-11-15(16)25-20(28)18-19(23)27-32-26-18/h2-5,7,9,11-12,17,29-30H,6,8,10H2,1H3,(H2,23,27)/t12-,17+,21?,22+/m0/s1. The average Bonchev–Trinajstić information content (AvgIpc) is 3.43. The van der Waals surface area contributed by atoms with Crippen LogP contribution in [0.25, 0.3) is 22.6 Å². The Kier molecular flexibility index (Phi) is 3.98. The molecule has 4 aromatic rings. The van der Waals surface area contributed by atoms with Crippen molar-refractivity contribution in [2.45, 2.75) is 49.7 Å². The number of fused-ring (bicyclic) bond motifs is 3. The molecule has 0 amide bonds. The van der Waals surface area contributed by atoms with E-state index in [1.807, 2.05) is 34.9 Å². The third kappa shape index (κ3) is 2.57. The molecule has 1 spiro atoms. The molecule has 1 aromatic carbocycles. The van der Waals surface area contributed by atoms with Crippen LogP contribution in [0.4, 0.5) is 5.82 Å². The van der Waals surface area contributed by atoms with E-state index in [1.54, 1.807) is 19.3 Å². The minimum atomic E-state index is -1.45. The van der Waals surface area contributed by atoms with Gasteiger partial charge in [0, 0.05) is 17.8 Å². The highest BCUT2D eigenvalue weighted by atomic mass is 16.6. The van der Waals surface area contributed by atoms with E-state index in [0.717, 1.165) is 11.1 Å². The number of nitrogens with two attached hydrogens (primary N) is 1. The molecule has 0 radical (unpaired) electrons. The van der Waals surface area contributed by atoms with E-state index in [2.05, 4.69) is 20.3 Å². The van der Waals surface area contributed by atoms with Crippen LogP contribution < -0.4 is 5.73 Å². The molecule has 1 unspecified atom stereocenters. The van der Waals surface area contributed by atoms with Crippen LogP contribution in [0.15, 0.2) is 47.4 Å². The molecule has 4 atom stereocenters. The van der Waals surface area contributed by atoms with Crippen LogP contribution >= 0.6 is 0 Å². The maximum Gasteiger partial charge on any atom is 0.199 e. The molecule has 1 aliphatic carbocycles. The van der Waals surface area contributed by atoms with Crippen molar-refractivity contribution >= 4 is 16.9 Å². The lowest BCUT2D eigenvalue weighted by molar-refractivity contribution is -0.282. The summed E-state index contributed by atoms with van der Waals surface area (Å²) in [6.45, 7) is 1.62. The number of aliphatic hydroxyl groups is 2. The molecule has 0 bridgehead atoms. The van der Waals surface area contributed by atoms with E-state index in [1.165, 1.54) is 0 Å². The van der Waals surface area contributed by atoms with E-state index < -0.39 is 17.5 Å². The fourth-order valence-electron chi connectivity index (χ4n) is 5.34. The quantitative estimate of drug-likeness (QED) is 0.432. The van der Waals surface area contributed by atoms with Gasteiger partial charge in [-0.05, 0) is 48.1 Å². The van der Waals surface area contributed by atoms with Crippen molar-refractivity contribution in [3.8, 4) is 11.5 Å². The van der Waals surface area contributed by atoms with Gasteiger partial charge in [0.2, 0.25) is 0 Å². The highest BCUT2D eigenvalue weighted by Gasteiger charge is 2.56. The number of rotatable bonds is 2. The largest absolute Gasteiger partial charge is 0.390 e. The Morgan fingerprint density at radius 1 is 1.19 bits per heavy atom. The van der Waals surface area contributed by atoms with E-state index in [0.29, 0.717) is 41.9 Å².